The number of hydrogen-bond acceptors (Lipinski definition) is 16. The average Bonchev–Trinajstić information content (AvgIpc) is 4.27. The lowest BCUT2D eigenvalue weighted by molar-refractivity contribution is 0.144. The number of aromatic nitrogens is 4. The molecule has 2 saturated heterocycles. The van der Waals surface area contributed by atoms with Gasteiger partial charge in [-0.25, -0.2) is 19.9 Å². The van der Waals surface area contributed by atoms with E-state index in [9.17, 15) is 0 Å². The Kier molecular flexibility index (Phi) is 29.2. The molecule has 75 heavy (non-hydrogen) atoms. The number of anilines is 3. The standard InChI is InChI=1S/C28H34N4O3S.C16H24N2O2.C12H11ClN2OS.2CH4/c1-3-14-33-19-22-17-24(7-8-27(22)35-16-13-32-11-5-6-12-32)30-28-29-10-9-26(31-28)23-18-25(36-21-23)20-34-15-4-2;1-2-10-19-13-14-12-15(17)5-6-16(14)20-11-9-18-7-3-4-8-18;1-2-5-16-7-10-6-9(8-17-10)11-3-4-14-12(13)15-11;;/h3-4,7-10,17-18,21H,1-2,5-6,11-16,19-20H2,(H,29,30,31);2,5-6,12H,1,3-4,7-11,13,17H2;2-4,6,8H,1,5,7H2;2*1H4. The van der Waals surface area contributed by atoms with Gasteiger partial charge in [0.05, 0.1) is 64.2 Å². The predicted molar refractivity (Wildman–Crippen MR) is 311 cm³/mol. The smallest absolute Gasteiger partial charge is 0.227 e. The van der Waals surface area contributed by atoms with Crippen molar-refractivity contribution in [1.29, 1.82) is 0 Å². The third kappa shape index (κ3) is 22.1. The second-order valence-corrected chi connectivity index (χ2v) is 19.2. The van der Waals surface area contributed by atoms with Gasteiger partial charge in [-0.2, -0.15) is 0 Å². The van der Waals surface area contributed by atoms with Crippen molar-refractivity contribution in [2.24, 2.45) is 0 Å². The first-order valence-electron chi connectivity index (χ1n) is 24.5. The fourth-order valence-corrected chi connectivity index (χ4v) is 9.50. The molecule has 14 nitrogen and oxygen atoms in total. The van der Waals surface area contributed by atoms with Gasteiger partial charge in [-0.1, -0.05) is 39.2 Å². The molecule has 2 aliphatic heterocycles. The van der Waals surface area contributed by atoms with Crippen molar-refractivity contribution in [2.45, 2.75) is 67.0 Å². The molecule has 17 heteroatoms. The number of likely N-dealkylation sites (tertiary alicyclic amines) is 2. The summed E-state index contributed by atoms with van der Waals surface area (Å²) in [5, 5.41) is 7.71. The van der Waals surface area contributed by atoms with Gasteiger partial charge in [0.25, 0.3) is 0 Å². The summed E-state index contributed by atoms with van der Waals surface area (Å²) >= 11 is 9.04. The van der Waals surface area contributed by atoms with E-state index >= 15 is 0 Å². The number of nitrogen functional groups attached to an aromatic ring is 1. The number of nitrogens with zero attached hydrogens (tertiary/aromatic N) is 6. The van der Waals surface area contributed by atoms with Crippen molar-refractivity contribution >= 4 is 51.6 Å². The summed E-state index contributed by atoms with van der Waals surface area (Å²) in [7, 11) is 0. The first-order chi connectivity index (χ1) is 35.8. The third-order valence-corrected chi connectivity index (χ3v) is 13.3. The van der Waals surface area contributed by atoms with Crippen molar-refractivity contribution in [3.8, 4) is 34.0 Å². The molecule has 0 amide bonds. The summed E-state index contributed by atoms with van der Waals surface area (Å²) in [5.74, 6) is 2.23. The quantitative estimate of drug-likeness (QED) is 0.0207. The van der Waals surface area contributed by atoms with Crippen LogP contribution in [0.1, 0.15) is 61.4 Å². The highest BCUT2D eigenvalue weighted by Gasteiger charge is 2.15. The van der Waals surface area contributed by atoms with Crippen LogP contribution in [0.25, 0.3) is 22.5 Å². The lowest BCUT2D eigenvalue weighted by atomic mass is 10.2. The molecular weight excluding hydrogens is 1000 g/mol. The summed E-state index contributed by atoms with van der Waals surface area (Å²) in [6.07, 6.45) is 15.6. The summed E-state index contributed by atoms with van der Waals surface area (Å²) in [4.78, 5) is 24.3. The van der Waals surface area contributed by atoms with Crippen LogP contribution in [0.15, 0.2) is 134 Å². The Morgan fingerprint density at radius 3 is 1.56 bits per heavy atom. The molecule has 0 unspecified atom stereocenters. The Labute approximate surface area is 458 Å². The highest BCUT2D eigenvalue weighted by molar-refractivity contribution is 7.10. The van der Waals surface area contributed by atoms with Crippen molar-refractivity contribution in [3.63, 3.8) is 0 Å². The van der Waals surface area contributed by atoms with E-state index in [-0.39, 0.29) is 20.1 Å². The molecule has 2 aromatic carbocycles. The Balaban J connectivity index is 0.000000264. The van der Waals surface area contributed by atoms with Gasteiger partial charge in [-0.3, -0.25) is 9.80 Å². The highest BCUT2D eigenvalue weighted by atomic mass is 35.5. The fourth-order valence-electron chi connectivity index (χ4n) is 7.72. The van der Waals surface area contributed by atoms with E-state index in [4.69, 9.17) is 50.7 Å². The molecular formula is C58H77ClN8O6S2. The van der Waals surface area contributed by atoms with Crippen LogP contribution >= 0.6 is 34.3 Å². The second kappa shape index (κ2) is 35.5. The maximum atomic E-state index is 6.13. The van der Waals surface area contributed by atoms with E-state index in [1.165, 1.54) is 38.8 Å². The van der Waals surface area contributed by atoms with Crippen molar-refractivity contribution in [1.82, 2.24) is 29.7 Å². The van der Waals surface area contributed by atoms with Gasteiger partial charge in [0.1, 0.15) is 24.7 Å². The van der Waals surface area contributed by atoms with Gasteiger partial charge in [0, 0.05) is 79.6 Å². The van der Waals surface area contributed by atoms with E-state index in [0.29, 0.717) is 72.0 Å². The summed E-state index contributed by atoms with van der Waals surface area (Å²) in [6.45, 7) is 26.9. The van der Waals surface area contributed by atoms with E-state index in [2.05, 4.69) is 67.8 Å². The summed E-state index contributed by atoms with van der Waals surface area (Å²) in [5.41, 5.74) is 13.2. The molecule has 0 saturated carbocycles. The first-order valence-corrected chi connectivity index (χ1v) is 26.7. The van der Waals surface area contributed by atoms with Crippen LogP contribution in [0.5, 0.6) is 11.5 Å². The number of halogens is 1. The molecule has 3 N–H and O–H groups in total. The molecule has 0 spiro atoms. The van der Waals surface area contributed by atoms with Gasteiger partial charge in [0.2, 0.25) is 11.2 Å². The van der Waals surface area contributed by atoms with Crippen LogP contribution in [-0.2, 0) is 45.4 Å². The number of ether oxygens (including phenoxy) is 6. The Morgan fingerprint density at radius 2 is 1.05 bits per heavy atom. The lowest BCUT2D eigenvalue weighted by Gasteiger charge is -2.17. The minimum absolute atomic E-state index is 0. The number of thiophene rings is 2. The van der Waals surface area contributed by atoms with Crippen LogP contribution in [0.4, 0.5) is 17.3 Å². The zero-order valence-electron chi connectivity index (χ0n) is 41.8. The SMILES string of the molecule is C.C.C=CCOCc1cc(-c2ccnc(Cl)n2)cs1.C=CCOCc1cc(-c2ccnc(Nc3ccc(OCCN4CCCC4)c(COCC=C)c3)n2)cs1.C=CCOCc1cc(N)ccc1OCCN1CCCC1. The molecule has 0 bridgehead atoms. The number of nitrogens with one attached hydrogen (secondary N) is 1. The normalized spacial score (nSPS) is 13.0. The van der Waals surface area contributed by atoms with E-state index in [1.54, 1.807) is 59.4 Å². The summed E-state index contributed by atoms with van der Waals surface area (Å²) < 4.78 is 34.1. The van der Waals surface area contributed by atoms with Crippen LogP contribution in [-0.4, -0.2) is 109 Å². The number of hydrogen-bond donors (Lipinski definition) is 2. The lowest BCUT2D eigenvalue weighted by Crippen LogP contribution is -2.25. The zero-order valence-corrected chi connectivity index (χ0v) is 44.2. The van der Waals surface area contributed by atoms with Gasteiger partial charge >= 0.3 is 0 Å². The molecule has 0 radical (unpaired) electrons. The minimum atomic E-state index is 0. The first kappa shape index (κ1) is 61.8. The topological polar surface area (TPSA) is 151 Å². The molecule has 2 aliphatic rings. The number of nitrogens with two attached hydrogens (primary N) is 1. The van der Waals surface area contributed by atoms with Gasteiger partial charge < -0.3 is 39.5 Å². The van der Waals surface area contributed by atoms with Crippen LogP contribution in [0, 0.1) is 0 Å². The fraction of sp³-hybridized carbons (Fsp3) is 0.379. The Bertz CT molecular complexity index is 2600. The summed E-state index contributed by atoms with van der Waals surface area (Å²) in [6, 6.07) is 19.6. The van der Waals surface area contributed by atoms with Crippen molar-refractivity contribution < 1.29 is 28.4 Å². The number of rotatable bonds is 28. The maximum Gasteiger partial charge on any atom is 0.227 e. The van der Waals surface area contributed by atoms with Crippen LogP contribution in [0.2, 0.25) is 5.28 Å². The monoisotopic (exact) mass is 1080 g/mol. The molecule has 404 valence electrons. The van der Waals surface area contributed by atoms with Gasteiger partial charge in [0.15, 0.2) is 0 Å². The van der Waals surface area contributed by atoms with E-state index in [1.807, 2.05) is 60.0 Å². The van der Waals surface area contributed by atoms with Gasteiger partial charge in [-0.05, 0) is 124 Å². The molecule has 2 fully saturated rings. The predicted octanol–water partition coefficient (Wildman–Crippen LogP) is 13.1. The highest BCUT2D eigenvalue weighted by Crippen LogP contribution is 2.29. The van der Waals surface area contributed by atoms with E-state index < -0.39 is 0 Å². The van der Waals surface area contributed by atoms with Crippen LogP contribution in [0.3, 0.4) is 0 Å². The maximum absolute atomic E-state index is 6.13. The Morgan fingerprint density at radius 1 is 0.587 bits per heavy atom. The number of benzene rings is 2. The largest absolute Gasteiger partial charge is 0.492 e. The molecule has 8 rings (SSSR count). The van der Waals surface area contributed by atoms with Gasteiger partial charge in [-0.15, -0.1) is 49.0 Å². The molecule has 4 aromatic heterocycles. The Hall–Kier alpha value is -5.79. The zero-order chi connectivity index (χ0) is 51.3. The van der Waals surface area contributed by atoms with E-state index in [0.717, 1.165) is 92.4 Å². The molecule has 6 heterocycles. The molecule has 0 atom stereocenters. The van der Waals surface area contributed by atoms with Crippen molar-refractivity contribution in [2.75, 3.05) is 90.0 Å². The second-order valence-electron chi connectivity index (χ2n) is 16.9. The molecule has 0 aliphatic carbocycles. The average molecular weight is 1080 g/mol. The third-order valence-electron chi connectivity index (χ3n) is 11.3. The van der Waals surface area contributed by atoms with Crippen molar-refractivity contribution in [3.05, 3.63) is 161 Å². The minimum Gasteiger partial charge on any atom is -0.492 e. The molecule has 6 aromatic rings. The van der Waals surface area contributed by atoms with Crippen LogP contribution < -0.4 is 20.5 Å².